The van der Waals surface area contributed by atoms with Crippen LogP contribution < -0.4 is 0 Å². The van der Waals surface area contributed by atoms with Gasteiger partial charge in [0.15, 0.2) is 12.0 Å². The van der Waals surface area contributed by atoms with E-state index in [4.69, 9.17) is 4.42 Å². The van der Waals surface area contributed by atoms with E-state index in [1.807, 2.05) is 59.3 Å². The minimum atomic E-state index is 0.845. The molecule has 0 atom stereocenters. The fourth-order valence-electron chi connectivity index (χ4n) is 1.67. The highest BCUT2D eigenvalue weighted by Crippen LogP contribution is 2.09. The monoisotopic (exact) mass is 237 g/mol. The summed E-state index contributed by atoms with van der Waals surface area (Å²) in [7, 11) is 0. The lowest BCUT2D eigenvalue weighted by atomic mass is 10.3. The van der Waals surface area contributed by atoms with E-state index < -0.39 is 0 Å². The molecule has 0 aliphatic carbocycles. The van der Waals surface area contributed by atoms with Gasteiger partial charge in [-0.1, -0.05) is 18.2 Å². The summed E-state index contributed by atoms with van der Waals surface area (Å²) in [6.07, 6.45) is 7.04. The van der Waals surface area contributed by atoms with Gasteiger partial charge < -0.3 is 8.82 Å². The normalized spacial score (nSPS) is 10.2. The summed E-state index contributed by atoms with van der Waals surface area (Å²) in [6, 6.07) is 13.7. The van der Waals surface area contributed by atoms with Crippen LogP contribution in [0.1, 0.15) is 0 Å². The molecule has 4 aromatic rings. The first-order valence-electron chi connectivity index (χ1n) is 5.58. The summed E-state index contributed by atoms with van der Waals surface area (Å²) in [4.78, 5) is 7.92. The molecule has 3 aromatic heterocycles. The van der Waals surface area contributed by atoms with Crippen LogP contribution in [0.5, 0.6) is 0 Å². The van der Waals surface area contributed by atoms with Gasteiger partial charge in [-0.15, -0.1) is 0 Å². The third kappa shape index (κ3) is 2.08. The summed E-state index contributed by atoms with van der Waals surface area (Å²) < 4.78 is 6.98. The Bertz CT molecular complexity index is 631. The quantitative estimate of drug-likeness (QED) is 0.472. The molecule has 0 fully saturated rings. The van der Waals surface area contributed by atoms with E-state index in [0.29, 0.717) is 0 Å². The Morgan fingerprint density at radius 3 is 2.78 bits per heavy atom. The van der Waals surface area contributed by atoms with Gasteiger partial charge in [-0.05, 0) is 24.3 Å². The van der Waals surface area contributed by atoms with E-state index in [1.165, 1.54) is 6.39 Å². The largest absolute Gasteiger partial charge is 0.443 e. The van der Waals surface area contributed by atoms with Crippen molar-refractivity contribution in [2.24, 2.45) is 0 Å². The second-order valence-corrected chi connectivity index (χ2v) is 3.75. The molecule has 0 radical (unpaired) electrons. The van der Waals surface area contributed by atoms with Gasteiger partial charge in [-0.3, -0.25) is 0 Å². The number of aromatic nitrogens is 3. The van der Waals surface area contributed by atoms with Crippen LogP contribution >= 0.6 is 0 Å². The molecule has 18 heavy (non-hydrogen) atoms. The van der Waals surface area contributed by atoms with Crippen molar-refractivity contribution < 1.29 is 4.42 Å². The van der Waals surface area contributed by atoms with Crippen LogP contribution in [0.2, 0.25) is 0 Å². The number of hydrogen-bond donors (Lipinski definition) is 0. The molecule has 0 N–H and O–H groups in total. The lowest BCUT2D eigenvalue weighted by Crippen LogP contribution is -1.75. The smallest absolute Gasteiger partial charge is 0.181 e. The lowest BCUT2D eigenvalue weighted by Gasteiger charge is -1.86. The molecule has 3 heterocycles. The van der Waals surface area contributed by atoms with Gasteiger partial charge >= 0.3 is 0 Å². The topological polar surface area (TPSA) is 43.3 Å². The lowest BCUT2D eigenvalue weighted by molar-refractivity contribution is 0.602. The van der Waals surface area contributed by atoms with E-state index in [1.54, 1.807) is 6.33 Å². The summed E-state index contributed by atoms with van der Waals surface area (Å²) in [5.41, 5.74) is 2.90. The molecule has 4 heteroatoms. The average Bonchev–Trinajstić information content (AvgIpc) is 3.08. The first-order chi connectivity index (χ1) is 8.93. The average molecular weight is 237 g/mol. The van der Waals surface area contributed by atoms with Crippen LogP contribution in [0.15, 0.2) is 72.0 Å². The van der Waals surface area contributed by atoms with Crippen LogP contribution in [-0.4, -0.2) is 14.4 Å². The van der Waals surface area contributed by atoms with Crippen molar-refractivity contribution in [3.8, 4) is 0 Å². The Labute approximate surface area is 104 Å². The molecular formula is C14H11N3O. The number of nitrogens with zero attached hydrogens (tertiary/aromatic N) is 3. The molecule has 0 saturated heterocycles. The molecule has 0 bridgehead atoms. The van der Waals surface area contributed by atoms with E-state index in [-0.39, 0.29) is 0 Å². The number of benzene rings is 1. The van der Waals surface area contributed by atoms with E-state index in [9.17, 15) is 0 Å². The van der Waals surface area contributed by atoms with Crippen molar-refractivity contribution in [3.63, 3.8) is 0 Å². The van der Waals surface area contributed by atoms with Crippen molar-refractivity contribution in [1.82, 2.24) is 14.4 Å². The molecule has 0 unspecified atom stereocenters. The highest BCUT2D eigenvalue weighted by atomic mass is 16.3. The Kier molecular flexibility index (Phi) is 2.75. The van der Waals surface area contributed by atoms with Crippen LogP contribution in [0.4, 0.5) is 0 Å². The molecule has 0 spiro atoms. The number of pyridine rings is 1. The number of rotatable bonds is 0. The van der Waals surface area contributed by atoms with Crippen molar-refractivity contribution >= 4 is 16.6 Å². The molecule has 0 saturated carbocycles. The van der Waals surface area contributed by atoms with E-state index in [2.05, 4.69) is 9.97 Å². The third-order valence-corrected chi connectivity index (χ3v) is 2.56. The SMILES string of the molecule is c1ccc2ocnc2c1.c1ccn2cncc2c1. The zero-order chi connectivity index (χ0) is 12.2. The number of imidazole rings is 1. The highest BCUT2D eigenvalue weighted by Gasteiger charge is 1.91. The first kappa shape index (κ1) is 10.5. The summed E-state index contributed by atoms with van der Waals surface area (Å²) in [5.74, 6) is 0. The van der Waals surface area contributed by atoms with E-state index >= 15 is 0 Å². The Morgan fingerprint density at radius 1 is 1.00 bits per heavy atom. The van der Waals surface area contributed by atoms with Crippen molar-refractivity contribution in [3.05, 3.63) is 67.6 Å². The van der Waals surface area contributed by atoms with Crippen LogP contribution in [0, 0.1) is 0 Å². The van der Waals surface area contributed by atoms with Gasteiger partial charge in [-0.2, -0.15) is 0 Å². The Morgan fingerprint density at radius 2 is 1.89 bits per heavy atom. The molecule has 0 aliphatic heterocycles. The van der Waals surface area contributed by atoms with Crippen LogP contribution in [0.25, 0.3) is 16.6 Å². The predicted molar refractivity (Wildman–Crippen MR) is 69.2 cm³/mol. The Balaban J connectivity index is 0.000000111. The summed E-state index contributed by atoms with van der Waals surface area (Å²) in [5, 5.41) is 0. The summed E-state index contributed by atoms with van der Waals surface area (Å²) in [6.45, 7) is 0. The molecule has 4 rings (SSSR count). The van der Waals surface area contributed by atoms with Gasteiger partial charge in [0.25, 0.3) is 0 Å². The zero-order valence-electron chi connectivity index (χ0n) is 9.60. The van der Waals surface area contributed by atoms with Gasteiger partial charge in [0.05, 0.1) is 18.0 Å². The number of fused-ring (bicyclic) bond motifs is 2. The molecular weight excluding hydrogens is 226 g/mol. The summed E-state index contributed by atoms with van der Waals surface area (Å²) >= 11 is 0. The van der Waals surface area contributed by atoms with Gasteiger partial charge in [-0.25, -0.2) is 9.97 Å². The van der Waals surface area contributed by atoms with Gasteiger partial charge in [0, 0.05) is 6.20 Å². The third-order valence-electron chi connectivity index (χ3n) is 2.56. The second kappa shape index (κ2) is 4.71. The van der Waals surface area contributed by atoms with Crippen molar-refractivity contribution in [2.75, 3.05) is 0 Å². The van der Waals surface area contributed by atoms with Crippen LogP contribution in [0.3, 0.4) is 0 Å². The standard InChI is InChI=1S/C7H6N2.C7H5NO/c1-2-4-9-6-8-5-7(9)3-1;1-2-4-7-6(3-1)8-5-9-7/h1-6H;1-5H. The maximum absolute atomic E-state index is 5.01. The molecule has 88 valence electrons. The van der Waals surface area contributed by atoms with Crippen molar-refractivity contribution in [2.45, 2.75) is 0 Å². The molecule has 0 amide bonds. The van der Waals surface area contributed by atoms with Crippen LogP contribution in [-0.2, 0) is 0 Å². The second-order valence-electron chi connectivity index (χ2n) is 3.75. The highest BCUT2D eigenvalue weighted by molar-refractivity contribution is 5.71. The zero-order valence-corrected chi connectivity index (χ0v) is 9.60. The minimum absolute atomic E-state index is 0.845. The van der Waals surface area contributed by atoms with Crippen molar-refractivity contribution in [1.29, 1.82) is 0 Å². The van der Waals surface area contributed by atoms with Gasteiger partial charge in [0.1, 0.15) is 5.52 Å². The fourth-order valence-corrected chi connectivity index (χ4v) is 1.67. The molecule has 1 aromatic carbocycles. The van der Waals surface area contributed by atoms with E-state index in [0.717, 1.165) is 16.6 Å². The fraction of sp³-hybridized carbons (Fsp3) is 0. The predicted octanol–water partition coefficient (Wildman–Crippen LogP) is 3.16. The molecule has 4 nitrogen and oxygen atoms in total. The first-order valence-corrected chi connectivity index (χ1v) is 5.58. The minimum Gasteiger partial charge on any atom is -0.443 e. The Hall–Kier alpha value is -2.62. The number of para-hydroxylation sites is 2. The number of oxazole rings is 1. The maximum Gasteiger partial charge on any atom is 0.181 e. The molecule has 0 aliphatic rings. The maximum atomic E-state index is 5.01. The van der Waals surface area contributed by atoms with Gasteiger partial charge in [0.2, 0.25) is 0 Å². The number of hydrogen-bond acceptors (Lipinski definition) is 3.